The van der Waals surface area contributed by atoms with Crippen LogP contribution in [0, 0.1) is 0 Å². The molecule has 1 N–H and O–H groups in total. The van der Waals surface area contributed by atoms with E-state index < -0.39 is 10.0 Å². The summed E-state index contributed by atoms with van der Waals surface area (Å²) in [6.07, 6.45) is 5.23. The molecule has 1 aromatic carbocycles. The average molecular weight is 448 g/mol. The number of anilines is 1. The lowest BCUT2D eigenvalue weighted by molar-refractivity contribution is -0.116. The van der Waals surface area contributed by atoms with Gasteiger partial charge in [-0.25, -0.2) is 13.4 Å². The van der Waals surface area contributed by atoms with Gasteiger partial charge in [0.15, 0.2) is 0 Å². The van der Waals surface area contributed by atoms with Gasteiger partial charge in [0.2, 0.25) is 21.8 Å². The van der Waals surface area contributed by atoms with Crippen LogP contribution in [0.3, 0.4) is 0 Å². The third-order valence-electron chi connectivity index (χ3n) is 5.07. The Labute approximate surface area is 183 Å². The van der Waals surface area contributed by atoms with E-state index in [0.717, 1.165) is 24.8 Å². The zero-order valence-corrected chi connectivity index (χ0v) is 18.6. The van der Waals surface area contributed by atoms with Crippen molar-refractivity contribution in [2.24, 2.45) is 0 Å². The lowest BCUT2D eigenvalue weighted by Crippen LogP contribution is -2.35. The smallest absolute Gasteiger partial charge is 0.243 e. The molecule has 1 amide bonds. The second kappa shape index (κ2) is 11.2. The molecule has 1 aliphatic heterocycles. The van der Waals surface area contributed by atoms with E-state index in [4.69, 9.17) is 9.47 Å². The van der Waals surface area contributed by atoms with Crippen molar-refractivity contribution in [3.05, 3.63) is 48.2 Å². The molecule has 2 heterocycles. The molecule has 0 unspecified atom stereocenters. The third kappa shape index (κ3) is 6.75. The number of hydrogen-bond acceptors (Lipinski definition) is 6. The number of nitrogens with one attached hydrogen (secondary N) is 1. The molecule has 1 aromatic heterocycles. The number of amides is 1. The maximum atomic E-state index is 12.7. The van der Waals surface area contributed by atoms with E-state index in [2.05, 4.69) is 10.3 Å². The average Bonchev–Trinajstić information content (AvgIpc) is 2.80. The summed E-state index contributed by atoms with van der Waals surface area (Å²) >= 11 is 0. The quantitative estimate of drug-likeness (QED) is 0.563. The number of methoxy groups -OCH3 is 1. The van der Waals surface area contributed by atoms with Crippen molar-refractivity contribution >= 4 is 21.6 Å². The molecule has 3 rings (SSSR count). The van der Waals surface area contributed by atoms with E-state index in [1.165, 1.54) is 0 Å². The highest BCUT2D eigenvalue weighted by Gasteiger charge is 2.25. The molecule has 8 nitrogen and oxygen atoms in total. The van der Waals surface area contributed by atoms with Gasteiger partial charge in [-0.3, -0.25) is 4.79 Å². The minimum atomic E-state index is -3.43. The lowest BCUT2D eigenvalue weighted by Gasteiger charge is -2.25. The number of carbonyl (C=O) groups is 1. The molecule has 2 aromatic rings. The second-order valence-electron chi connectivity index (χ2n) is 7.38. The minimum absolute atomic E-state index is 0.139. The number of sulfonamides is 1. The van der Waals surface area contributed by atoms with E-state index in [9.17, 15) is 13.2 Å². The maximum Gasteiger partial charge on any atom is 0.243 e. The van der Waals surface area contributed by atoms with Gasteiger partial charge in [-0.1, -0.05) is 18.6 Å². The highest BCUT2D eigenvalue weighted by Crippen LogP contribution is 2.21. The summed E-state index contributed by atoms with van der Waals surface area (Å²) in [7, 11) is -1.83. The summed E-state index contributed by atoms with van der Waals surface area (Å²) in [6.45, 7) is 2.05. The molecular formula is C22H29N3O5S. The number of piperidine rings is 1. The Kier molecular flexibility index (Phi) is 8.39. The molecule has 168 valence electrons. The summed E-state index contributed by atoms with van der Waals surface area (Å²) in [4.78, 5) is 16.7. The van der Waals surface area contributed by atoms with E-state index in [1.807, 2.05) is 0 Å². The van der Waals surface area contributed by atoms with E-state index >= 15 is 0 Å². The summed E-state index contributed by atoms with van der Waals surface area (Å²) < 4.78 is 37.3. The van der Waals surface area contributed by atoms with Crippen molar-refractivity contribution in [3.8, 4) is 5.88 Å². The Morgan fingerprint density at radius 1 is 1.06 bits per heavy atom. The molecule has 0 aliphatic carbocycles. The molecule has 1 fully saturated rings. The SMILES string of the molecule is COCCOc1ccc(NC(=O)CCc2ccc(S(=O)(=O)N3CCCCC3)cc2)cn1. The van der Waals surface area contributed by atoms with Crippen molar-refractivity contribution in [2.75, 3.05) is 38.7 Å². The fourth-order valence-corrected chi connectivity index (χ4v) is 4.85. The number of nitrogens with zero attached hydrogens (tertiary/aromatic N) is 2. The van der Waals surface area contributed by atoms with Gasteiger partial charge in [0.05, 0.1) is 23.4 Å². The van der Waals surface area contributed by atoms with Crippen molar-refractivity contribution in [1.82, 2.24) is 9.29 Å². The van der Waals surface area contributed by atoms with Crippen LogP contribution in [0.5, 0.6) is 5.88 Å². The fraction of sp³-hybridized carbons (Fsp3) is 0.455. The van der Waals surface area contributed by atoms with Gasteiger partial charge in [-0.05, 0) is 43.0 Å². The molecular weight excluding hydrogens is 418 g/mol. The number of hydrogen-bond donors (Lipinski definition) is 1. The van der Waals surface area contributed by atoms with Gasteiger partial charge in [0, 0.05) is 32.7 Å². The monoisotopic (exact) mass is 447 g/mol. The minimum Gasteiger partial charge on any atom is -0.475 e. The van der Waals surface area contributed by atoms with Crippen LogP contribution in [0.4, 0.5) is 5.69 Å². The van der Waals surface area contributed by atoms with Crippen LogP contribution in [-0.2, 0) is 26.0 Å². The van der Waals surface area contributed by atoms with Crippen LogP contribution in [0.15, 0.2) is 47.5 Å². The van der Waals surface area contributed by atoms with Crippen LogP contribution in [0.1, 0.15) is 31.2 Å². The van der Waals surface area contributed by atoms with Gasteiger partial charge in [-0.15, -0.1) is 0 Å². The molecule has 0 spiro atoms. The van der Waals surface area contributed by atoms with Crippen molar-refractivity contribution in [2.45, 2.75) is 37.0 Å². The molecule has 31 heavy (non-hydrogen) atoms. The molecule has 0 radical (unpaired) electrons. The first-order valence-electron chi connectivity index (χ1n) is 10.5. The number of benzene rings is 1. The number of carbonyl (C=O) groups excluding carboxylic acids is 1. The molecule has 1 aliphatic rings. The largest absolute Gasteiger partial charge is 0.475 e. The van der Waals surface area contributed by atoms with Gasteiger partial charge in [0.25, 0.3) is 0 Å². The lowest BCUT2D eigenvalue weighted by atomic mass is 10.1. The topological polar surface area (TPSA) is 97.8 Å². The maximum absolute atomic E-state index is 12.7. The van der Waals surface area contributed by atoms with Crippen molar-refractivity contribution < 1.29 is 22.7 Å². The number of pyridine rings is 1. The Bertz CT molecular complexity index is 940. The summed E-state index contributed by atoms with van der Waals surface area (Å²) in [5, 5.41) is 2.80. The first kappa shape index (κ1) is 23.2. The first-order chi connectivity index (χ1) is 15.0. The van der Waals surface area contributed by atoms with Crippen LogP contribution in [0.2, 0.25) is 0 Å². The number of rotatable bonds is 10. The van der Waals surface area contributed by atoms with E-state index in [0.29, 0.717) is 49.2 Å². The highest BCUT2D eigenvalue weighted by molar-refractivity contribution is 7.89. The highest BCUT2D eigenvalue weighted by atomic mass is 32.2. The normalized spacial score (nSPS) is 14.9. The predicted molar refractivity (Wildman–Crippen MR) is 118 cm³/mol. The summed E-state index contributed by atoms with van der Waals surface area (Å²) in [6, 6.07) is 10.2. The molecule has 9 heteroatoms. The van der Waals surface area contributed by atoms with E-state index in [1.54, 1.807) is 54.0 Å². The Balaban J connectivity index is 1.48. The third-order valence-corrected chi connectivity index (χ3v) is 6.99. The molecule has 0 atom stereocenters. The predicted octanol–water partition coefficient (Wildman–Crippen LogP) is 2.85. The summed E-state index contributed by atoms with van der Waals surface area (Å²) in [5.74, 6) is 0.328. The zero-order valence-electron chi connectivity index (χ0n) is 17.7. The van der Waals surface area contributed by atoms with Crippen LogP contribution >= 0.6 is 0 Å². The van der Waals surface area contributed by atoms with Crippen LogP contribution in [0.25, 0.3) is 0 Å². The zero-order chi connectivity index (χ0) is 22.1. The Hall–Kier alpha value is -2.49. The van der Waals surface area contributed by atoms with Gasteiger partial charge < -0.3 is 14.8 Å². The van der Waals surface area contributed by atoms with Gasteiger partial charge in [0.1, 0.15) is 6.61 Å². The molecule has 0 bridgehead atoms. The number of aryl methyl sites for hydroxylation is 1. The molecule has 0 saturated carbocycles. The van der Waals surface area contributed by atoms with Gasteiger partial charge >= 0.3 is 0 Å². The summed E-state index contributed by atoms with van der Waals surface area (Å²) in [5.41, 5.74) is 1.50. The Morgan fingerprint density at radius 2 is 1.81 bits per heavy atom. The molecule has 1 saturated heterocycles. The standard InChI is InChI=1S/C22H29N3O5S/c1-29-15-16-30-22-12-8-19(17-23-22)24-21(26)11-7-18-5-9-20(10-6-18)31(27,28)25-13-3-2-4-14-25/h5-6,8-10,12,17H,2-4,7,11,13-16H2,1H3,(H,24,26). The van der Waals surface area contributed by atoms with Crippen LogP contribution in [-0.4, -0.2) is 57.0 Å². The van der Waals surface area contributed by atoms with Crippen molar-refractivity contribution in [1.29, 1.82) is 0 Å². The number of ether oxygens (including phenoxy) is 2. The Morgan fingerprint density at radius 3 is 2.45 bits per heavy atom. The first-order valence-corrected chi connectivity index (χ1v) is 11.9. The van der Waals surface area contributed by atoms with Crippen molar-refractivity contribution in [3.63, 3.8) is 0 Å². The van der Waals surface area contributed by atoms with E-state index in [-0.39, 0.29) is 12.3 Å². The van der Waals surface area contributed by atoms with Crippen LogP contribution < -0.4 is 10.1 Å². The second-order valence-corrected chi connectivity index (χ2v) is 9.32. The van der Waals surface area contributed by atoms with Gasteiger partial charge in [-0.2, -0.15) is 4.31 Å². The number of aromatic nitrogens is 1. The fourth-order valence-electron chi connectivity index (χ4n) is 3.33.